The summed E-state index contributed by atoms with van der Waals surface area (Å²) >= 11 is 0. The number of hydrogen-bond acceptors (Lipinski definition) is 6. The maximum absolute atomic E-state index is 12.3. The predicted molar refractivity (Wildman–Crippen MR) is 103 cm³/mol. The standard InChI is InChI=1S/C20H20N4O3/c1-26-13-6-8-17(27-2)15(10-13)11-3-7-14-16(9-11)23-24-19(18(14)21)20(25)22-12-4-5-12/h3,6-10,12H,4-5H2,1-2H3,(H2,21,23)(H,22,25). The Hall–Kier alpha value is -3.35. The van der Waals surface area contributed by atoms with E-state index in [9.17, 15) is 4.79 Å². The van der Waals surface area contributed by atoms with Crippen LogP contribution in [0.1, 0.15) is 23.3 Å². The first kappa shape index (κ1) is 17.1. The Morgan fingerprint density at radius 2 is 1.93 bits per heavy atom. The quantitative estimate of drug-likeness (QED) is 0.722. The molecule has 0 saturated heterocycles. The number of nitrogens with one attached hydrogen (secondary N) is 1. The lowest BCUT2D eigenvalue weighted by Crippen LogP contribution is -2.27. The molecule has 1 aromatic heterocycles. The lowest BCUT2D eigenvalue weighted by atomic mass is 10.0. The van der Waals surface area contributed by atoms with E-state index in [1.807, 2.05) is 36.4 Å². The van der Waals surface area contributed by atoms with Crippen LogP contribution in [0.4, 0.5) is 5.69 Å². The van der Waals surface area contributed by atoms with E-state index >= 15 is 0 Å². The van der Waals surface area contributed by atoms with E-state index in [2.05, 4.69) is 15.5 Å². The monoisotopic (exact) mass is 364 g/mol. The highest BCUT2D eigenvalue weighted by Crippen LogP contribution is 2.35. The molecule has 3 aromatic rings. The van der Waals surface area contributed by atoms with Crippen molar-refractivity contribution in [3.05, 3.63) is 42.1 Å². The topological polar surface area (TPSA) is 99.4 Å². The fourth-order valence-corrected chi connectivity index (χ4v) is 2.98. The number of aromatic nitrogens is 2. The fourth-order valence-electron chi connectivity index (χ4n) is 2.98. The van der Waals surface area contributed by atoms with Crippen molar-refractivity contribution in [2.45, 2.75) is 18.9 Å². The molecule has 7 heteroatoms. The Morgan fingerprint density at radius 3 is 2.63 bits per heavy atom. The van der Waals surface area contributed by atoms with Crippen molar-refractivity contribution < 1.29 is 14.3 Å². The fraction of sp³-hybridized carbons (Fsp3) is 0.250. The van der Waals surface area contributed by atoms with Gasteiger partial charge in [-0.3, -0.25) is 4.79 Å². The van der Waals surface area contributed by atoms with Gasteiger partial charge in [0.1, 0.15) is 11.5 Å². The van der Waals surface area contributed by atoms with Gasteiger partial charge in [0.2, 0.25) is 0 Å². The number of fused-ring (bicyclic) bond motifs is 1. The third-order valence-corrected chi connectivity index (χ3v) is 4.65. The van der Waals surface area contributed by atoms with E-state index in [1.54, 1.807) is 14.2 Å². The number of benzene rings is 2. The van der Waals surface area contributed by atoms with Gasteiger partial charge in [-0.15, -0.1) is 10.2 Å². The molecular formula is C20H20N4O3. The van der Waals surface area contributed by atoms with E-state index in [0.29, 0.717) is 16.6 Å². The molecule has 1 aliphatic rings. The first-order valence-corrected chi connectivity index (χ1v) is 8.70. The summed E-state index contributed by atoms with van der Waals surface area (Å²) in [5.74, 6) is 1.17. The molecule has 27 heavy (non-hydrogen) atoms. The molecule has 1 aliphatic carbocycles. The summed E-state index contributed by atoms with van der Waals surface area (Å²) in [6.45, 7) is 0. The van der Waals surface area contributed by atoms with E-state index in [0.717, 1.165) is 35.5 Å². The number of nitrogens with two attached hydrogens (primary N) is 1. The highest BCUT2D eigenvalue weighted by Gasteiger charge is 2.26. The molecule has 0 bridgehead atoms. The van der Waals surface area contributed by atoms with Gasteiger partial charge < -0.3 is 20.5 Å². The Morgan fingerprint density at radius 1 is 1.11 bits per heavy atom. The summed E-state index contributed by atoms with van der Waals surface area (Å²) in [6, 6.07) is 11.5. The number of methoxy groups -OCH3 is 2. The molecular weight excluding hydrogens is 344 g/mol. The predicted octanol–water partition coefficient (Wildman–Crippen LogP) is 2.79. The van der Waals surface area contributed by atoms with E-state index < -0.39 is 0 Å². The number of nitrogen functional groups attached to an aromatic ring is 1. The van der Waals surface area contributed by atoms with Crippen LogP contribution in [0, 0.1) is 0 Å². The first-order chi connectivity index (χ1) is 13.1. The molecule has 2 aromatic carbocycles. The Balaban J connectivity index is 1.76. The summed E-state index contributed by atoms with van der Waals surface area (Å²) in [7, 11) is 3.24. The van der Waals surface area contributed by atoms with Crippen LogP contribution in [0.3, 0.4) is 0 Å². The third-order valence-electron chi connectivity index (χ3n) is 4.65. The Bertz CT molecular complexity index is 1030. The molecule has 4 rings (SSSR count). The van der Waals surface area contributed by atoms with Crippen LogP contribution >= 0.6 is 0 Å². The SMILES string of the molecule is COc1ccc(OC)c(-c2ccc3c(N)c(C(=O)NC4CC4)nnc3c2)c1. The lowest BCUT2D eigenvalue weighted by molar-refractivity contribution is 0.0946. The molecule has 0 atom stereocenters. The van der Waals surface area contributed by atoms with Crippen molar-refractivity contribution in [3.8, 4) is 22.6 Å². The number of nitrogens with zero attached hydrogens (tertiary/aromatic N) is 2. The molecule has 1 fully saturated rings. The number of amides is 1. The largest absolute Gasteiger partial charge is 0.497 e. The van der Waals surface area contributed by atoms with Gasteiger partial charge in [-0.2, -0.15) is 0 Å². The minimum absolute atomic E-state index is 0.168. The first-order valence-electron chi connectivity index (χ1n) is 8.70. The van der Waals surface area contributed by atoms with Crippen molar-refractivity contribution in [2.24, 2.45) is 0 Å². The summed E-state index contributed by atoms with van der Waals surface area (Å²) in [4.78, 5) is 12.3. The molecule has 1 heterocycles. The van der Waals surface area contributed by atoms with Crippen molar-refractivity contribution in [2.75, 3.05) is 20.0 Å². The zero-order valence-electron chi connectivity index (χ0n) is 15.2. The second-order valence-electron chi connectivity index (χ2n) is 6.51. The lowest BCUT2D eigenvalue weighted by Gasteiger charge is -2.12. The van der Waals surface area contributed by atoms with Gasteiger partial charge in [-0.25, -0.2) is 0 Å². The van der Waals surface area contributed by atoms with Crippen LogP contribution in [0.2, 0.25) is 0 Å². The van der Waals surface area contributed by atoms with Crippen LogP contribution in [-0.2, 0) is 0 Å². The highest BCUT2D eigenvalue weighted by molar-refractivity contribution is 6.05. The van der Waals surface area contributed by atoms with Crippen LogP contribution in [-0.4, -0.2) is 36.4 Å². The van der Waals surface area contributed by atoms with E-state index in [-0.39, 0.29) is 17.6 Å². The van der Waals surface area contributed by atoms with Gasteiger partial charge in [-0.05, 0) is 48.7 Å². The van der Waals surface area contributed by atoms with E-state index in [1.165, 1.54) is 0 Å². The zero-order valence-corrected chi connectivity index (χ0v) is 15.2. The smallest absolute Gasteiger partial charge is 0.274 e. The number of carbonyl (C=O) groups excluding carboxylic acids is 1. The van der Waals surface area contributed by atoms with Gasteiger partial charge in [0.15, 0.2) is 5.69 Å². The molecule has 0 radical (unpaired) electrons. The molecule has 7 nitrogen and oxygen atoms in total. The van der Waals surface area contributed by atoms with Crippen LogP contribution in [0.5, 0.6) is 11.5 Å². The number of hydrogen-bond donors (Lipinski definition) is 2. The molecule has 0 spiro atoms. The number of anilines is 1. The molecule has 3 N–H and O–H groups in total. The maximum atomic E-state index is 12.3. The number of ether oxygens (including phenoxy) is 2. The Kier molecular flexibility index (Phi) is 4.27. The molecule has 138 valence electrons. The van der Waals surface area contributed by atoms with Crippen LogP contribution in [0.25, 0.3) is 22.0 Å². The summed E-state index contributed by atoms with van der Waals surface area (Å²) in [6.07, 6.45) is 2.00. The second-order valence-corrected chi connectivity index (χ2v) is 6.51. The normalized spacial score (nSPS) is 13.4. The summed E-state index contributed by atoms with van der Waals surface area (Å²) in [5, 5.41) is 11.8. The van der Waals surface area contributed by atoms with E-state index in [4.69, 9.17) is 15.2 Å². The average molecular weight is 364 g/mol. The Labute approximate surface area is 156 Å². The van der Waals surface area contributed by atoms with Crippen molar-refractivity contribution in [1.29, 1.82) is 0 Å². The minimum atomic E-state index is -0.275. The van der Waals surface area contributed by atoms with Crippen molar-refractivity contribution >= 4 is 22.5 Å². The maximum Gasteiger partial charge on any atom is 0.274 e. The van der Waals surface area contributed by atoms with Gasteiger partial charge in [0.05, 0.1) is 25.4 Å². The average Bonchev–Trinajstić information content (AvgIpc) is 3.51. The van der Waals surface area contributed by atoms with Crippen LogP contribution < -0.4 is 20.5 Å². The van der Waals surface area contributed by atoms with Crippen molar-refractivity contribution in [1.82, 2.24) is 15.5 Å². The second kappa shape index (κ2) is 6.75. The van der Waals surface area contributed by atoms with Crippen LogP contribution in [0.15, 0.2) is 36.4 Å². The minimum Gasteiger partial charge on any atom is -0.497 e. The summed E-state index contributed by atoms with van der Waals surface area (Å²) < 4.78 is 10.8. The van der Waals surface area contributed by atoms with Gasteiger partial charge in [0.25, 0.3) is 5.91 Å². The molecule has 0 unspecified atom stereocenters. The molecule has 1 saturated carbocycles. The number of rotatable bonds is 5. The van der Waals surface area contributed by atoms with Crippen molar-refractivity contribution in [3.63, 3.8) is 0 Å². The number of carbonyl (C=O) groups is 1. The third kappa shape index (κ3) is 3.23. The van der Waals surface area contributed by atoms with Gasteiger partial charge in [-0.1, -0.05) is 6.07 Å². The van der Waals surface area contributed by atoms with Gasteiger partial charge >= 0.3 is 0 Å². The van der Waals surface area contributed by atoms with Gasteiger partial charge in [0, 0.05) is 17.0 Å². The molecule has 0 aliphatic heterocycles. The zero-order chi connectivity index (χ0) is 19.0. The molecule has 1 amide bonds. The highest BCUT2D eigenvalue weighted by atomic mass is 16.5. The summed E-state index contributed by atoms with van der Waals surface area (Å²) in [5.41, 5.74) is 9.07.